The van der Waals surface area contributed by atoms with E-state index in [0.29, 0.717) is 13.0 Å². The number of amides is 1. The van der Waals surface area contributed by atoms with E-state index in [0.717, 1.165) is 11.3 Å². The second-order valence-electron chi connectivity index (χ2n) is 4.09. The zero-order chi connectivity index (χ0) is 12.3. The summed E-state index contributed by atoms with van der Waals surface area (Å²) in [4.78, 5) is 12.0. The number of fused-ring (bicyclic) bond motifs is 1. The molecule has 0 fully saturated rings. The van der Waals surface area contributed by atoms with Crippen LogP contribution >= 0.6 is 0 Å². The lowest BCUT2D eigenvalue weighted by Gasteiger charge is -2.25. The summed E-state index contributed by atoms with van der Waals surface area (Å²) < 4.78 is 5.49. The van der Waals surface area contributed by atoms with Crippen molar-refractivity contribution in [1.82, 2.24) is 5.32 Å². The van der Waals surface area contributed by atoms with E-state index in [1.165, 1.54) is 0 Å². The summed E-state index contributed by atoms with van der Waals surface area (Å²) in [5.41, 5.74) is 0.904. The molecule has 1 aliphatic heterocycles. The second kappa shape index (κ2) is 4.88. The highest BCUT2D eigenvalue weighted by Crippen LogP contribution is 2.33. The Morgan fingerprint density at radius 3 is 3.12 bits per heavy atom. The Balaban J connectivity index is 2.19. The molecule has 4 heteroatoms. The molecule has 1 aromatic carbocycles. The predicted molar refractivity (Wildman–Crippen MR) is 62.5 cm³/mol. The van der Waals surface area contributed by atoms with E-state index < -0.39 is 6.04 Å². The number of para-hydroxylation sites is 1. The maximum Gasteiger partial charge on any atom is 0.228 e. The van der Waals surface area contributed by atoms with Crippen LogP contribution in [0, 0.1) is 11.3 Å². The van der Waals surface area contributed by atoms with Crippen LogP contribution < -0.4 is 10.1 Å². The smallest absolute Gasteiger partial charge is 0.228 e. The van der Waals surface area contributed by atoms with Crippen molar-refractivity contribution in [2.24, 2.45) is 0 Å². The zero-order valence-corrected chi connectivity index (χ0v) is 9.64. The maximum atomic E-state index is 12.0. The third kappa shape index (κ3) is 2.39. The largest absolute Gasteiger partial charge is 0.493 e. The van der Waals surface area contributed by atoms with Crippen molar-refractivity contribution in [3.8, 4) is 11.8 Å². The van der Waals surface area contributed by atoms with E-state index >= 15 is 0 Å². The molecule has 1 aromatic rings. The normalized spacial score (nSPS) is 19.4. The summed E-state index contributed by atoms with van der Waals surface area (Å²) in [5.74, 6) is 0.453. The number of rotatable bonds is 2. The van der Waals surface area contributed by atoms with Gasteiger partial charge in [0.1, 0.15) is 11.8 Å². The molecule has 1 amide bonds. The van der Waals surface area contributed by atoms with E-state index in [2.05, 4.69) is 5.32 Å². The van der Waals surface area contributed by atoms with Gasteiger partial charge in [-0.1, -0.05) is 18.2 Å². The number of carbonyl (C=O) groups excluding carboxylic acids is 1. The van der Waals surface area contributed by atoms with Crippen molar-refractivity contribution in [3.05, 3.63) is 29.8 Å². The second-order valence-corrected chi connectivity index (χ2v) is 4.09. The lowest BCUT2D eigenvalue weighted by atomic mass is 9.92. The van der Waals surface area contributed by atoms with Gasteiger partial charge in [-0.25, -0.2) is 0 Å². The Kier molecular flexibility index (Phi) is 3.29. The lowest BCUT2D eigenvalue weighted by molar-refractivity contribution is -0.123. The fourth-order valence-electron chi connectivity index (χ4n) is 1.96. The van der Waals surface area contributed by atoms with Gasteiger partial charge in [0, 0.05) is 5.56 Å². The van der Waals surface area contributed by atoms with E-state index in [1.807, 2.05) is 30.3 Å². The number of ether oxygens (including phenoxy) is 1. The number of hydrogen-bond donors (Lipinski definition) is 1. The molecule has 0 bridgehead atoms. The first kappa shape index (κ1) is 11.5. The minimum atomic E-state index is -0.461. The molecule has 0 spiro atoms. The molecule has 0 aliphatic carbocycles. The number of nitrogens with one attached hydrogen (secondary N) is 1. The number of benzene rings is 1. The molecule has 1 aliphatic rings. The van der Waals surface area contributed by atoms with Crippen molar-refractivity contribution in [3.63, 3.8) is 0 Å². The molecule has 0 saturated carbocycles. The van der Waals surface area contributed by atoms with Crippen LogP contribution in [0.3, 0.4) is 0 Å². The Labute approximate surface area is 100 Å². The Morgan fingerprint density at radius 1 is 1.59 bits per heavy atom. The molecule has 0 saturated heterocycles. The molecular weight excluding hydrogens is 216 g/mol. The van der Waals surface area contributed by atoms with Gasteiger partial charge in [-0.15, -0.1) is 0 Å². The Morgan fingerprint density at radius 2 is 2.35 bits per heavy atom. The Hall–Kier alpha value is -2.02. The number of carbonyl (C=O) groups is 1. The third-order valence-corrected chi connectivity index (χ3v) is 2.83. The van der Waals surface area contributed by atoms with Gasteiger partial charge in [0.25, 0.3) is 0 Å². The molecular formula is C13H14N2O2. The summed E-state index contributed by atoms with van der Waals surface area (Å²) in [5, 5.41) is 11.4. The van der Waals surface area contributed by atoms with Crippen molar-refractivity contribution in [1.29, 1.82) is 5.26 Å². The first-order valence-electron chi connectivity index (χ1n) is 5.64. The minimum Gasteiger partial charge on any atom is -0.493 e. The highest BCUT2D eigenvalue weighted by atomic mass is 16.5. The summed E-state index contributed by atoms with van der Waals surface area (Å²) in [6.07, 6.45) is 0.654. The van der Waals surface area contributed by atoms with Crippen molar-refractivity contribution >= 4 is 5.91 Å². The molecule has 17 heavy (non-hydrogen) atoms. The average molecular weight is 230 g/mol. The molecule has 2 unspecified atom stereocenters. The molecule has 88 valence electrons. The SMILES string of the molecule is CC(C#N)NC(=O)C1CCOc2ccccc21. The van der Waals surface area contributed by atoms with Crippen LogP contribution in [0.5, 0.6) is 5.75 Å². The maximum absolute atomic E-state index is 12.0. The van der Waals surface area contributed by atoms with Crippen LogP contribution in [-0.4, -0.2) is 18.6 Å². The third-order valence-electron chi connectivity index (χ3n) is 2.83. The van der Waals surface area contributed by atoms with Gasteiger partial charge in [0.05, 0.1) is 18.6 Å². The number of hydrogen-bond acceptors (Lipinski definition) is 3. The molecule has 2 atom stereocenters. The van der Waals surface area contributed by atoms with Gasteiger partial charge in [0.2, 0.25) is 5.91 Å². The van der Waals surface area contributed by atoms with Crippen molar-refractivity contribution in [2.45, 2.75) is 25.3 Å². The van der Waals surface area contributed by atoms with Crippen molar-refractivity contribution in [2.75, 3.05) is 6.61 Å². The van der Waals surface area contributed by atoms with Crippen LogP contribution in [-0.2, 0) is 4.79 Å². The first-order valence-corrected chi connectivity index (χ1v) is 5.64. The molecule has 4 nitrogen and oxygen atoms in total. The van der Waals surface area contributed by atoms with Crippen molar-refractivity contribution < 1.29 is 9.53 Å². The molecule has 1 N–H and O–H groups in total. The molecule has 2 rings (SSSR count). The van der Waals surface area contributed by atoms with E-state index in [4.69, 9.17) is 10.00 Å². The van der Waals surface area contributed by atoms with Crippen LogP contribution in [0.15, 0.2) is 24.3 Å². The van der Waals surface area contributed by atoms with Gasteiger partial charge >= 0.3 is 0 Å². The standard InChI is InChI=1S/C13H14N2O2/c1-9(8-14)15-13(16)11-6-7-17-12-5-3-2-4-10(11)12/h2-5,9,11H,6-7H2,1H3,(H,15,16). The van der Waals surface area contributed by atoms with E-state index in [-0.39, 0.29) is 11.8 Å². The summed E-state index contributed by atoms with van der Waals surface area (Å²) in [6.45, 7) is 2.21. The molecule has 1 heterocycles. The monoisotopic (exact) mass is 230 g/mol. The quantitative estimate of drug-likeness (QED) is 0.839. The highest BCUT2D eigenvalue weighted by Gasteiger charge is 2.27. The zero-order valence-electron chi connectivity index (χ0n) is 9.64. The van der Waals surface area contributed by atoms with Crippen LogP contribution in [0.4, 0.5) is 0 Å². The predicted octanol–water partition coefficient (Wildman–Crippen LogP) is 1.58. The van der Waals surface area contributed by atoms with Gasteiger partial charge in [-0.3, -0.25) is 4.79 Å². The van der Waals surface area contributed by atoms with E-state index in [1.54, 1.807) is 6.92 Å². The summed E-state index contributed by atoms with van der Waals surface area (Å²) in [7, 11) is 0. The summed E-state index contributed by atoms with van der Waals surface area (Å²) in [6, 6.07) is 9.07. The first-order chi connectivity index (χ1) is 8.22. The highest BCUT2D eigenvalue weighted by molar-refractivity contribution is 5.85. The van der Waals surface area contributed by atoms with Gasteiger partial charge in [-0.05, 0) is 19.4 Å². The minimum absolute atomic E-state index is 0.102. The Bertz CT molecular complexity index is 465. The fourth-order valence-corrected chi connectivity index (χ4v) is 1.96. The topological polar surface area (TPSA) is 62.1 Å². The van der Waals surface area contributed by atoms with Gasteiger partial charge < -0.3 is 10.1 Å². The van der Waals surface area contributed by atoms with Gasteiger partial charge in [-0.2, -0.15) is 5.26 Å². The summed E-state index contributed by atoms with van der Waals surface area (Å²) >= 11 is 0. The fraction of sp³-hybridized carbons (Fsp3) is 0.385. The van der Waals surface area contributed by atoms with Crippen LogP contribution in [0.2, 0.25) is 0 Å². The van der Waals surface area contributed by atoms with Crippen LogP contribution in [0.1, 0.15) is 24.8 Å². The number of nitriles is 1. The van der Waals surface area contributed by atoms with Gasteiger partial charge in [0.15, 0.2) is 0 Å². The van der Waals surface area contributed by atoms with E-state index in [9.17, 15) is 4.79 Å². The average Bonchev–Trinajstić information content (AvgIpc) is 2.37. The number of nitrogens with zero attached hydrogens (tertiary/aromatic N) is 1. The lowest BCUT2D eigenvalue weighted by Crippen LogP contribution is -2.37. The molecule has 0 radical (unpaired) electrons. The molecule has 0 aromatic heterocycles. The van der Waals surface area contributed by atoms with Crippen LogP contribution in [0.25, 0.3) is 0 Å².